The molecule has 170 valence electrons. The Morgan fingerprint density at radius 1 is 1.16 bits per heavy atom. The first-order valence-corrected chi connectivity index (χ1v) is 10.7. The summed E-state index contributed by atoms with van der Waals surface area (Å²) in [6, 6.07) is 13.0. The molecule has 2 N–H and O–H groups in total. The van der Waals surface area contributed by atoms with Gasteiger partial charge in [-0.2, -0.15) is 0 Å². The molecule has 0 saturated carbocycles. The molecule has 0 heterocycles. The Hall–Kier alpha value is -3.42. The number of carbonyl (C=O) groups is 2. The molecule has 0 aliphatic heterocycles. The van der Waals surface area contributed by atoms with E-state index in [2.05, 4.69) is 16.7 Å². The molecular formula is C24H29N3O5. The number of hydrogen-bond donors (Lipinski definition) is 2. The van der Waals surface area contributed by atoms with Crippen LogP contribution in [0.3, 0.4) is 0 Å². The lowest BCUT2D eigenvalue weighted by atomic mass is 9.87. The number of nitrogens with zero attached hydrogens (tertiary/aromatic N) is 1. The number of carbonyl (C=O) groups excluding carboxylic acids is 2. The minimum Gasteiger partial charge on any atom is -0.444 e. The van der Waals surface area contributed by atoms with Crippen LogP contribution >= 0.6 is 0 Å². The van der Waals surface area contributed by atoms with E-state index in [1.165, 1.54) is 17.7 Å². The maximum absolute atomic E-state index is 13.2. The van der Waals surface area contributed by atoms with Crippen molar-refractivity contribution in [3.05, 3.63) is 75.3 Å². The third-order valence-electron chi connectivity index (χ3n) is 5.28. The van der Waals surface area contributed by atoms with Crippen LogP contribution in [-0.4, -0.2) is 28.6 Å². The Morgan fingerprint density at radius 2 is 1.84 bits per heavy atom. The number of aryl methyl sites for hydroxylation is 1. The van der Waals surface area contributed by atoms with E-state index in [-0.39, 0.29) is 24.1 Å². The van der Waals surface area contributed by atoms with Gasteiger partial charge < -0.3 is 15.4 Å². The second kappa shape index (κ2) is 9.80. The number of nitrogens with one attached hydrogen (secondary N) is 2. The number of hydrogen-bond acceptors (Lipinski definition) is 5. The van der Waals surface area contributed by atoms with Gasteiger partial charge in [0.15, 0.2) is 0 Å². The average molecular weight is 440 g/mol. The van der Waals surface area contributed by atoms with Crippen LogP contribution in [0.4, 0.5) is 10.5 Å². The number of ether oxygens (including phenoxy) is 1. The van der Waals surface area contributed by atoms with Crippen LogP contribution in [0.1, 0.15) is 56.3 Å². The van der Waals surface area contributed by atoms with E-state index in [9.17, 15) is 19.7 Å². The van der Waals surface area contributed by atoms with Gasteiger partial charge in [-0.05, 0) is 56.7 Å². The summed E-state index contributed by atoms with van der Waals surface area (Å²) in [6.07, 6.45) is 2.25. The van der Waals surface area contributed by atoms with E-state index in [0.29, 0.717) is 5.56 Å². The number of benzene rings is 2. The third kappa shape index (κ3) is 6.29. The molecule has 0 bridgehead atoms. The van der Waals surface area contributed by atoms with E-state index in [0.717, 1.165) is 24.8 Å². The van der Waals surface area contributed by atoms with Crippen molar-refractivity contribution in [2.24, 2.45) is 0 Å². The van der Waals surface area contributed by atoms with Gasteiger partial charge in [-0.15, -0.1) is 0 Å². The molecular weight excluding hydrogens is 410 g/mol. The van der Waals surface area contributed by atoms with Crippen LogP contribution in [0.15, 0.2) is 48.5 Å². The van der Waals surface area contributed by atoms with Crippen molar-refractivity contribution in [2.75, 3.05) is 0 Å². The number of rotatable bonds is 6. The minimum atomic E-state index is -0.889. The molecule has 2 atom stereocenters. The molecule has 2 aromatic carbocycles. The third-order valence-corrected chi connectivity index (χ3v) is 5.28. The predicted octanol–water partition coefficient (Wildman–Crippen LogP) is 4.22. The molecule has 3 rings (SSSR count). The maximum atomic E-state index is 13.2. The monoisotopic (exact) mass is 439 g/mol. The fraction of sp³-hybridized carbons (Fsp3) is 0.417. The summed E-state index contributed by atoms with van der Waals surface area (Å²) in [7, 11) is 0. The summed E-state index contributed by atoms with van der Waals surface area (Å²) in [5.74, 6) is -0.323. The van der Waals surface area contributed by atoms with Crippen molar-refractivity contribution < 1.29 is 19.2 Å². The highest BCUT2D eigenvalue weighted by Gasteiger charge is 2.28. The highest BCUT2D eigenvalue weighted by atomic mass is 16.6. The molecule has 2 amide bonds. The van der Waals surface area contributed by atoms with E-state index in [1.54, 1.807) is 32.9 Å². The molecule has 1 aliphatic rings. The van der Waals surface area contributed by atoms with E-state index in [1.807, 2.05) is 18.2 Å². The van der Waals surface area contributed by atoms with Gasteiger partial charge in [0.1, 0.15) is 11.6 Å². The molecule has 8 heteroatoms. The van der Waals surface area contributed by atoms with Crippen LogP contribution in [0.2, 0.25) is 0 Å². The Morgan fingerprint density at radius 3 is 2.50 bits per heavy atom. The summed E-state index contributed by atoms with van der Waals surface area (Å²) in [6.45, 7) is 5.24. The van der Waals surface area contributed by atoms with Crippen LogP contribution in [0.25, 0.3) is 0 Å². The highest BCUT2D eigenvalue weighted by Crippen LogP contribution is 2.29. The molecule has 0 aromatic heterocycles. The van der Waals surface area contributed by atoms with Gasteiger partial charge in [-0.25, -0.2) is 4.79 Å². The fourth-order valence-corrected chi connectivity index (χ4v) is 3.82. The number of alkyl carbamates (subject to hydrolysis) is 1. The Balaban J connectivity index is 1.77. The zero-order valence-electron chi connectivity index (χ0n) is 18.6. The molecule has 0 spiro atoms. The summed E-state index contributed by atoms with van der Waals surface area (Å²) in [5.41, 5.74) is 2.26. The quantitative estimate of drug-likeness (QED) is 0.517. The Kier molecular flexibility index (Phi) is 7.12. The smallest absolute Gasteiger partial charge is 0.408 e. The maximum Gasteiger partial charge on any atom is 0.408 e. The lowest BCUT2D eigenvalue weighted by Crippen LogP contribution is -2.50. The standard InChI is InChI=1S/C24H29N3O5/c1-24(2,3)32-23(29)26-21(15-16-11-13-18(14-12-16)27(30)31)22(28)25-20-10-6-8-17-7-4-5-9-19(17)20/h4-5,7,9,11-14,20-21H,6,8,10,15H2,1-3H3,(H,25,28)(H,26,29)/t20?,21-/m0/s1. The molecule has 8 nitrogen and oxygen atoms in total. The lowest BCUT2D eigenvalue weighted by molar-refractivity contribution is -0.384. The number of amides is 2. The molecule has 0 radical (unpaired) electrons. The first-order chi connectivity index (χ1) is 15.1. The molecule has 32 heavy (non-hydrogen) atoms. The second-order valence-electron chi connectivity index (χ2n) is 8.98. The van der Waals surface area contributed by atoms with E-state index >= 15 is 0 Å². The predicted molar refractivity (Wildman–Crippen MR) is 120 cm³/mol. The first-order valence-electron chi connectivity index (χ1n) is 10.7. The minimum absolute atomic E-state index is 0.0336. The number of nitro groups is 1. The fourth-order valence-electron chi connectivity index (χ4n) is 3.82. The number of nitro benzene ring substituents is 1. The van der Waals surface area contributed by atoms with Gasteiger partial charge in [0.25, 0.3) is 5.69 Å². The van der Waals surface area contributed by atoms with Gasteiger partial charge in [-0.3, -0.25) is 14.9 Å². The van der Waals surface area contributed by atoms with Crippen LogP contribution in [0, 0.1) is 10.1 Å². The van der Waals surface area contributed by atoms with Gasteiger partial charge in [0, 0.05) is 18.6 Å². The van der Waals surface area contributed by atoms with Gasteiger partial charge in [0.2, 0.25) is 5.91 Å². The second-order valence-corrected chi connectivity index (χ2v) is 8.98. The summed E-state index contributed by atoms with van der Waals surface area (Å²) < 4.78 is 5.33. The largest absolute Gasteiger partial charge is 0.444 e. The van der Waals surface area contributed by atoms with Crippen molar-refractivity contribution >= 4 is 17.7 Å². The SMILES string of the molecule is CC(C)(C)OC(=O)N[C@@H](Cc1ccc([N+](=O)[O-])cc1)C(=O)NC1CCCc2ccccc21. The van der Waals surface area contributed by atoms with Crippen LogP contribution in [-0.2, 0) is 22.4 Å². The molecule has 2 aromatic rings. The molecule has 1 aliphatic carbocycles. The molecule has 0 saturated heterocycles. The number of non-ortho nitro benzene ring substituents is 1. The van der Waals surface area contributed by atoms with Crippen molar-refractivity contribution in [2.45, 2.75) is 64.1 Å². The van der Waals surface area contributed by atoms with Gasteiger partial charge in [0.05, 0.1) is 11.0 Å². The first kappa shape index (κ1) is 23.2. The van der Waals surface area contributed by atoms with Crippen molar-refractivity contribution in [3.8, 4) is 0 Å². The van der Waals surface area contributed by atoms with Gasteiger partial charge >= 0.3 is 6.09 Å². The summed E-state index contributed by atoms with van der Waals surface area (Å²) >= 11 is 0. The summed E-state index contributed by atoms with van der Waals surface area (Å²) in [4.78, 5) is 36.0. The Bertz CT molecular complexity index is 982. The van der Waals surface area contributed by atoms with Crippen LogP contribution < -0.4 is 10.6 Å². The zero-order valence-corrected chi connectivity index (χ0v) is 18.6. The topological polar surface area (TPSA) is 111 Å². The zero-order chi connectivity index (χ0) is 23.3. The average Bonchev–Trinajstić information content (AvgIpc) is 2.72. The normalized spacial score (nSPS) is 16.4. The summed E-state index contributed by atoms with van der Waals surface area (Å²) in [5, 5.41) is 16.7. The number of fused-ring (bicyclic) bond motifs is 1. The van der Waals surface area contributed by atoms with Crippen molar-refractivity contribution in [1.29, 1.82) is 0 Å². The highest BCUT2D eigenvalue weighted by molar-refractivity contribution is 5.86. The molecule has 0 fully saturated rings. The van der Waals surface area contributed by atoms with Crippen LogP contribution in [0.5, 0.6) is 0 Å². The Labute approximate surface area is 187 Å². The van der Waals surface area contributed by atoms with E-state index < -0.39 is 22.7 Å². The van der Waals surface area contributed by atoms with Gasteiger partial charge in [-0.1, -0.05) is 36.4 Å². The van der Waals surface area contributed by atoms with Crippen molar-refractivity contribution in [3.63, 3.8) is 0 Å². The van der Waals surface area contributed by atoms with Crippen molar-refractivity contribution in [1.82, 2.24) is 10.6 Å². The lowest BCUT2D eigenvalue weighted by Gasteiger charge is -2.29. The molecule has 1 unspecified atom stereocenters. The van der Waals surface area contributed by atoms with E-state index in [4.69, 9.17) is 4.74 Å².